The highest BCUT2D eigenvalue weighted by atomic mass is 16.5. The minimum atomic E-state index is 0.268. The highest BCUT2D eigenvalue weighted by Crippen LogP contribution is 2.31. The molecule has 2 fully saturated rings. The van der Waals surface area contributed by atoms with Crippen LogP contribution in [0.4, 0.5) is 5.82 Å². The molecule has 6 nitrogen and oxygen atoms in total. The van der Waals surface area contributed by atoms with Crippen LogP contribution in [-0.2, 0) is 9.53 Å². The van der Waals surface area contributed by atoms with Crippen molar-refractivity contribution in [2.24, 2.45) is 0 Å². The van der Waals surface area contributed by atoms with E-state index in [1.54, 1.807) is 0 Å². The Bertz CT molecular complexity index is 838. The number of amides is 1. The molecule has 1 unspecified atom stereocenters. The number of hydrogen-bond donors (Lipinski definition) is 1. The number of nitrogen functional groups attached to an aromatic ring is 1. The Kier molecular flexibility index (Phi) is 6.09. The number of aromatic nitrogens is 2. The van der Waals surface area contributed by atoms with Crippen LogP contribution in [0.15, 0.2) is 30.5 Å². The van der Waals surface area contributed by atoms with Gasteiger partial charge in [0.2, 0.25) is 5.91 Å². The third kappa shape index (κ3) is 4.93. The van der Waals surface area contributed by atoms with E-state index >= 15 is 0 Å². The van der Waals surface area contributed by atoms with Gasteiger partial charge in [-0.05, 0) is 68.9 Å². The number of likely N-dealkylation sites (tertiary alicyclic amines) is 1. The van der Waals surface area contributed by atoms with Gasteiger partial charge >= 0.3 is 0 Å². The predicted octanol–water partition coefficient (Wildman–Crippen LogP) is 3.70. The SMILES string of the molecule is Cc1cc(-c2ccc(N)nc2)cc(C2CCN(C(=O)CCC3CCCO3)CC2)n1. The normalized spacial score (nSPS) is 20.2. The van der Waals surface area contributed by atoms with Crippen LogP contribution in [0, 0.1) is 6.92 Å². The summed E-state index contributed by atoms with van der Waals surface area (Å²) in [5, 5.41) is 0. The molecule has 0 aromatic carbocycles. The van der Waals surface area contributed by atoms with E-state index in [0.717, 1.165) is 74.3 Å². The summed E-state index contributed by atoms with van der Waals surface area (Å²) in [4.78, 5) is 23.6. The quantitative estimate of drug-likeness (QED) is 0.836. The summed E-state index contributed by atoms with van der Waals surface area (Å²) in [7, 11) is 0. The zero-order valence-electron chi connectivity index (χ0n) is 17.1. The average molecular weight is 395 g/mol. The Morgan fingerprint density at radius 3 is 2.72 bits per heavy atom. The van der Waals surface area contributed by atoms with Gasteiger partial charge in [-0.1, -0.05) is 0 Å². The van der Waals surface area contributed by atoms with E-state index in [1.165, 1.54) is 0 Å². The van der Waals surface area contributed by atoms with E-state index < -0.39 is 0 Å². The summed E-state index contributed by atoms with van der Waals surface area (Å²) >= 11 is 0. The molecule has 2 aliphatic heterocycles. The highest BCUT2D eigenvalue weighted by Gasteiger charge is 2.26. The molecule has 2 aliphatic rings. The molecule has 0 bridgehead atoms. The second kappa shape index (κ2) is 8.91. The van der Waals surface area contributed by atoms with Crippen molar-refractivity contribution in [3.63, 3.8) is 0 Å². The first-order valence-corrected chi connectivity index (χ1v) is 10.7. The number of ether oxygens (including phenoxy) is 1. The van der Waals surface area contributed by atoms with Crippen LogP contribution in [0.5, 0.6) is 0 Å². The lowest BCUT2D eigenvalue weighted by Gasteiger charge is -2.32. The Morgan fingerprint density at radius 1 is 1.21 bits per heavy atom. The summed E-state index contributed by atoms with van der Waals surface area (Å²) in [5.74, 6) is 1.18. The van der Waals surface area contributed by atoms with Gasteiger partial charge in [0.1, 0.15) is 5.82 Å². The first kappa shape index (κ1) is 19.8. The molecule has 0 radical (unpaired) electrons. The van der Waals surface area contributed by atoms with Crippen molar-refractivity contribution in [3.8, 4) is 11.1 Å². The Hall–Kier alpha value is -2.47. The standard InChI is InChI=1S/C23H30N4O2/c1-16-13-19(18-4-6-22(24)25-15-18)14-21(26-16)17-8-10-27(11-9-17)23(28)7-5-20-3-2-12-29-20/h4,6,13-15,17,20H,2-3,5,7-12H2,1H3,(H2,24,25). The van der Waals surface area contributed by atoms with Gasteiger partial charge in [0.05, 0.1) is 6.10 Å². The third-order valence-corrected chi connectivity index (χ3v) is 6.06. The van der Waals surface area contributed by atoms with Gasteiger partial charge < -0.3 is 15.4 Å². The van der Waals surface area contributed by atoms with Gasteiger partial charge in [-0.2, -0.15) is 0 Å². The second-order valence-electron chi connectivity index (χ2n) is 8.22. The molecule has 0 aliphatic carbocycles. The lowest BCUT2D eigenvalue weighted by atomic mass is 9.91. The van der Waals surface area contributed by atoms with Gasteiger partial charge in [0.25, 0.3) is 0 Å². The van der Waals surface area contributed by atoms with Gasteiger partial charge in [-0.3, -0.25) is 9.78 Å². The number of carbonyl (C=O) groups is 1. The van der Waals surface area contributed by atoms with Crippen molar-refractivity contribution >= 4 is 11.7 Å². The van der Waals surface area contributed by atoms with Crippen LogP contribution in [0.3, 0.4) is 0 Å². The molecule has 4 heterocycles. The number of nitrogens with two attached hydrogens (primary N) is 1. The molecule has 0 spiro atoms. The number of piperidine rings is 1. The smallest absolute Gasteiger partial charge is 0.222 e. The van der Waals surface area contributed by atoms with Crippen molar-refractivity contribution < 1.29 is 9.53 Å². The topological polar surface area (TPSA) is 81.3 Å². The molecule has 2 aromatic rings. The first-order valence-electron chi connectivity index (χ1n) is 10.7. The van der Waals surface area contributed by atoms with Crippen molar-refractivity contribution in [2.45, 2.75) is 57.5 Å². The average Bonchev–Trinajstić information content (AvgIpc) is 3.26. The van der Waals surface area contributed by atoms with E-state index in [4.69, 9.17) is 15.5 Å². The van der Waals surface area contributed by atoms with Crippen molar-refractivity contribution in [3.05, 3.63) is 41.9 Å². The maximum Gasteiger partial charge on any atom is 0.222 e. The van der Waals surface area contributed by atoms with Crippen LogP contribution >= 0.6 is 0 Å². The second-order valence-corrected chi connectivity index (χ2v) is 8.22. The maximum atomic E-state index is 12.6. The van der Waals surface area contributed by atoms with Crippen LogP contribution in [0.25, 0.3) is 11.1 Å². The van der Waals surface area contributed by atoms with E-state index in [2.05, 4.69) is 17.1 Å². The third-order valence-electron chi connectivity index (χ3n) is 6.06. The molecule has 4 rings (SSSR count). The summed E-state index contributed by atoms with van der Waals surface area (Å²) in [6, 6.07) is 8.07. The van der Waals surface area contributed by atoms with Crippen LogP contribution in [-0.4, -0.2) is 46.6 Å². The van der Waals surface area contributed by atoms with Crippen molar-refractivity contribution in [1.29, 1.82) is 0 Å². The van der Waals surface area contributed by atoms with Crippen LogP contribution in [0.1, 0.15) is 55.8 Å². The molecule has 0 saturated carbocycles. The summed E-state index contributed by atoms with van der Waals surface area (Å²) in [5.41, 5.74) is 10.0. The lowest BCUT2D eigenvalue weighted by Crippen LogP contribution is -2.38. The fourth-order valence-corrected chi connectivity index (χ4v) is 4.39. The molecular formula is C23H30N4O2. The van der Waals surface area contributed by atoms with Gasteiger partial charge in [0, 0.05) is 55.2 Å². The number of hydrogen-bond acceptors (Lipinski definition) is 5. The fourth-order valence-electron chi connectivity index (χ4n) is 4.39. The number of anilines is 1. The summed E-state index contributed by atoms with van der Waals surface area (Å²) in [6.07, 6.45) is 7.70. The fraction of sp³-hybridized carbons (Fsp3) is 0.522. The molecular weight excluding hydrogens is 364 g/mol. The van der Waals surface area contributed by atoms with E-state index in [0.29, 0.717) is 18.2 Å². The largest absolute Gasteiger partial charge is 0.384 e. The number of carbonyl (C=O) groups excluding carboxylic acids is 1. The number of aryl methyl sites for hydroxylation is 1. The van der Waals surface area contributed by atoms with Crippen molar-refractivity contribution in [1.82, 2.24) is 14.9 Å². The van der Waals surface area contributed by atoms with Crippen LogP contribution < -0.4 is 5.73 Å². The predicted molar refractivity (Wildman–Crippen MR) is 113 cm³/mol. The first-order chi connectivity index (χ1) is 14.1. The van der Waals surface area contributed by atoms with Gasteiger partial charge in [0.15, 0.2) is 0 Å². The van der Waals surface area contributed by atoms with Gasteiger partial charge in [-0.15, -0.1) is 0 Å². The van der Waals surface area contributed by atoms with E-state index in [1.807, 2.05) is 30.2 Å². The monoisotopic (exact) mass is 394 g/mol. The summed E-state index contributed by atoms with van der Waals surface area (Å²) < 4.78 is 5.64. The zero-order chi connectivity index (χ0) is 20.2. The molecule has 1 atom stereocenters. The van der Waals surface area contributed by atoms with E-state index in [-0.39, 0.29) is 12.0 Å². The minimum Gasteiger partial charge on any atom is -0.384 e. The Labute approximate surface area is 172 Å². The molecule has 6 heteroatoms. The molecule has 2 saturated heterocycles. The maximum absolute atomic E-state index is 12.6. The van der Waals surface area contributed by atoms with Crippen LogP contribution in [0.2, 0.25) is 0 Å². The molecule has 29 heavy (non-hydrogen) atoms. The lowest BCUT2D eigenvalue weighted by molar-refractivity contribution is -0.132. The zero-order valence-corrected chi connectivity index (χ0v) is 17.1. The molecule has 1 amide bonds. The Morgan fingerprint density at radius 2 is 2.03 bits per heavy atom. The van der Waals surface area contributed by atoms with Crippen molar-refractivity contribution in [2.75, 3.05) is 25.4 Å². The van der Waals surface area contributed by atoms with E-state index in [9.17, 15) is 4.79 Å². The number of pyridine rings is 2. The highest BCUT2D eigenvalue weighted by molar-refractivity contribution is 5.76. The number of nitrogens with zero attached hydrogens (tertiary/aromatic N) is 3. The number of rotatable bonds is 5. The minimum absolute atomic E-state index is 0.268. The summed E-state index contributed by atoms with van der Waals surface area (Å²) in [6.45, 7) is 4.50. The Balaban J connectivity index is 1.36. The molecule has 2 aromatic heterocycles. The van der Waals surface area contributed by atoms with Gasteiger partial charge in [-0.25, -0.2) is 4.98 Å². The molecule has 154 valence electrons. The molecule has 2 N–H and O–H groups in total.